The number of nitrogens with one attached hydrogen (secondary N) is 1. The number of benzene rings is 1. The van der Waals surface area contributed by atoms with E-state index in [-0.39, 0.29) is 18.3 Å². The molecule has 0 aromatic heterocycles. The minimum atomic E-state index is -0.899. The zero-order chi connectivity index (χ0) is 15.4. The molecule has 2 N–H and O–H groups in total. The van der Waals surface area contributed by atoms with Crippen LogP contribution in [0.25, 0.3) is 0 Å². The van der Waals surface area contributed by atoms with Crippen molar-refractivity contribution in [2.75, 3.05) is 18.4 Å². The van der Waals surface area contributed by atoms with Gasteiger partial charge < -0.3 is 10.4 Å². The van der Waals surface area contributed by atoms with Gasteiger partial charge in [-0.05, 0) is 44.0 Å². The van der Waals surface area contributed by atoms with E-state index >= 15 is 0 Å². The Kier molecular flexibility index (Phi) is 4.90. The second-order valence-electron chi connectivity index (χ2n) is 5.33. The minimum absolute atomic E-state index is 0.00641. The van der Waals surface area contributed by atoms with E-state index in [0.29, 0.717) is 24.2 Å². The number of carboxylic acids is 1. The van der Waals surface area contributed by atoms with Crippen LogP contribution in [0.3, 0.4) is 0 Å². The molecule has 21 heavy (non-hydrogen) atoms. The van der Waals surface area contributed by atoms with Crippen LogP contribution < -0.4 is 5.32 Å². The SMILES string of the molecule is Cc1ccc(NC(=O)CN2CCCCC2C(=O)O)cc1F. The van der Waals surface area contributed by atoms with E-state index in [1.807, 2.05) is 0 Å². The maximum absolute atomic E-state index is 13.4. The average Bonchev–Trinajstić information content (AvgIpc) is 2.43. The topological polar surface area (TPSA) is 69.6 Å². The molecule has 1 atom stereocenters. The molecule has 6 heteroatoms. The van der Waals surface area contributed by atoms with E-state index < -0.39 is 12.0 Å². The largest absolute Gasteiger partial charge is 0.480 e. The maximum atomic E-state index is 13.4. The summed E-state index contributed by atoms with van der Waals surface area (Å²) in [6.45, 7) is 2.24. The number of nitrogens with zero attached hydrogens (tertiary/aromatic N) is 1. The van der Waals surface area contributed by atoms with Gasteiger partial charge in [-0.3, -0.25) is 14.5 Å². The normalized spacial score (nSPS) is 19.2. The number of amides is 1. The number of carboxylic acid groups (broad SMARTS) is 1. The third-order valence-corrected chi connectivity index (χ3v) is 3.70. The molecule has 5 nitrogen and oxygen atoms in total. The number of piperidine rings is 1. The highest BCUT2D eigenvalue weighted by Gasteiger charge is 2.29. The van der Waals surface area contributed by atoms with E-state index in [2.05, 4.69) is 5.32 Å². The highest BCUT2D eigenvalue weighted by Crippen LogP contribution is 2.18. The van der Waals surface area contributed by atoms with Crippen molar-refractivity contribution in [3.63, 3.8) is 0 Å². The zero-order valence-electron chi connectivity index (χ0n) is 11.9. The van der Waals surface area contributed by atoms with Crippen LogP contribution in [0.5, 0.6) is 0 Å². The number of aryl methyl sites for hydroxylation is 1. The van der Waals surface area contributed by atoms with Crippen molar-refractivity contribution in [3.05, 3.63) is 29.6 Å². The summed E-state index contributed by atoms with van der Waals surface area (Å²) >= 11 is 0. The quantitative estimate of drug-likeness (QED) is 0.891. The smallest absolute Gasteiger partial charge is 0.320 e. The molecule has 1 unspecified atom stereocenters. The van der Waals surface area contributed by atoms with Gasteiger partial charge in [-0.15, -0.1) is 0 Å². The molecule has 1 aromatic rings. The number of likely N-dealkylation sites (tertiary alicyclic amines) is 1. The highest BCUT2D eigenvalue weighted by atomic mass is 19.1. The summed E-state index contributed by atoms with van der Waals surface area (Å²) in [5.41, 5.74) is 0.891. The minimum Gasteiger partial charge on any atom is -0.480 e. The van der Waals surface area contributed by atoms with Crippen LogP contribution in [0.15, 0.2) is 18.2 Å². The lowest BCUT2D eigenvalue weighted by Gasteiger charge is -2.32. The van der Waals surface area contributed by atoms with Gasteiger partial charge in [0.1, 0.15) is 11.9 Å². The molecule has 0 radical (unpaired) electrons. The van der Waals surface area contributed by atoms with Gasteiger partial charge in [0.2, 0.25) is 5.91 Å². The van der Waals surface area contributed by atoms with Gasteiger partial charge in [0.15, 0.2) is 0 Å². The van der Waals surface area contributed by atoms with E-state index in [4.69, 9.17) is 5.11 Å². The first-order valence-corrected chi connectivity index (χ1v) is 7.00. The van der Waals surface area contributed by atoms with Gasteiger partial charge in [0.05, 0.1) is 6.54 Å². The number of aliphatic carboxylic acids is 1. The number of carbonyl (C=O) groups is 2. The Balaban J connectivity index is 1.97. The molecule has 1 aromatic carbocycles. The number of anilines is 1. The lowest BCUT2D eigenvalue weighted by atomic mass is 10.0. The molecule has 0 spiro atoms. The Morgan fingerprint density at radius 3 is 2.86 bits per heavy atom. The molecule has 0 aliphatic carbocycles. The third-order valence-electron chi connectivity index (χ3n) is 3.70. The van der Waals surface area contributed by atoms with Gasteiger partial charge in [0.25, 0.3) is 0 Å². The van der Waals surface area contributed by atoms with Crippen LogP contribution in [0, 0.1) is 12.7 Å². The molecule has 1 saturated heterocycles. The van der Waals surface area contributed by atoms with Crippen molar-refractivity contribution in [2.24, 2.45) is 0 Å². The summed E-state index contributed by atoms with van der Waals surface area (Å²) in [7, 11) is 0. The lowest BCUT2D eigenvalue weighted by molar-refractivity contribution is -0.145. The van der Waals surface area contributed by atoms with Gasteiger partial charge >= 0.3 is 5.97 Å². The fourth-order valence-corrected chi connectivity index (χ4v) is 2.52. The Bertz CT molecular complexity index is 548. The summed E-state index contributed by atoms with van der Waals surface area (Å²) in [5, 5.41) is 11.8. The van der Waals surface area contributed by atoms with Gasteiger partial charge in [-0.2, -0.15) is 0 Å². The number of halogens is 1. The standard InChI is InChI=1S/C15H19FN2O3/c1-10-5-6-11(8-12(10)16)17-14(19)9-18-7-3-2-4-13(18)15(20)21/h5-6,8,13H,2-4,7,9H2,1H3,(H,17,19)(H,20,21). The Morgan fingerprint density at radius 2 is 2.19 bits per heavy atom. The first-order chi connectivity index (χ1) is 9.97. The van der Waals surface area contributed by atoms with Crippen molar-refractivity contribution < 1.29 is 19.1 Å². The van der Waals surface area contributed by atoms with E-state index in [1.165, 1.54) is 6.07 Å². The van der Waals surface area contributed by atoms with Crippen molar-refractivity contribution in [1.29, 1.82) is 0 Å². The molecule has 2 rings (SSSR count). The summed E-state index contributed by atoms with van der Waals surface area (Å²) in [6.07, 6.45) is 2.30. The van der Waals surface area contributed by atoms with Gasteiger partial charge in [-0.25, -0.2) is 4.39 Å². The highest BCUT2D eigenvalue weighted by molar-refractivity contribution is 5.92. The van der Waals surface area contributed by atoms with Crippen molar-refractivity contribution in [1.82, 2.24) is 4.90 Å². The van der Waals surface area contributed by atoms with Crippen LogP contribution in [0.1, 0.15) is 24.8 Å². The van der Waals surface area contributed by atoms with Crippen LogP contribution in [0.4, 0.5) is 10.1 Å². The van der Waals surface area contributed by atoms with Crippen LogP contribution in [0.2, 0.25) is 0 Å². The maximum Gasteiger partial charge on any atom is 0.320 e. The molecule has 0 saturated carbocycles. The summed E-state index contributed by atoms with van der Waals surface area (Å²) in [6, 6.07) is 3.87. The first-order valence-electron chi connectivity index (χ1n) is 7.00. The van der Waals surface area contributed by atoms with E-state index in [9.17, 15) is 14.0 Å². The number of hydrogen-bond acceptors (Lipinski definition) is 3. The summed E-state index contributed by atoms with van der Waals surface area (Å²) in [5.74, 6) is -1.61. The predicted octanol–water partition coefficient (Wildman–Crippen LogP) is 2.01. The second kappa shape index (κ2) is 6.67. The molecule has 1 aliphatic heterocycles. The van der Waals surface area contributed by atoms with Gasteiger partial charge in [0, 0.05) is 5.69 Å². The monoisotopic (exact) mass is 294 g/mol. The fraction of sp³-hybridized carbons (Fsp3) is 0.467. The van der Waals surface area contributed by atoms with Crippen molar-refractivity contribution in [3.8, 4) is 0 Å². The molecule has 0 bridgehead atoms. The van der Waals surface area contributed by atoms with Crippen molar-refractivity contribution in [2.45, 2.75) is 32.2 Å². The van der Waals surface area contributed by atoms with E-state index in [1.54, 1.807) is 24.0 Å². The molecule has 1 fully saturated rings. The third kappa shape index (κ3) is 4.01. The predicted molar refractivity (Wildman–Crippen MR) is 76.6 cm³/mol. The zero-order valence-corrected chi connectivity index (χ0v) is 11.9. The Hall–Kier alpha value is -1.95. The van der Waals surface area contributed by atoms with Crippen LogP contribution >= 0.6 is 0 Å². The fourth-order valence-electron chi connectivity index (χ4n) is 2.52. The lowest BCUT2D eigenvalue weighted by Crippen LogP contribution is -2.47. The molecule has 1 amide bonds. The van der Waals surface area contributed by atoms with Crippen molar-refractivity contribution >= 4 is 17.6 Å². The molecular weight excluding hydrogens is 275 g/mol. The Morgan fingerprint density at radius 1 is 1.43 bits per heavy atom. The van der Waals surface area contributed by atoms with E-state index in [0.717, 1.165) is 12.8 Å². The summed E-state index contributed by atoms with van der Waals surface area (Å²) in [4.78, 5) is 24.8. The molecule has 1 heterocycles. The Labute approximate surface area is 122 Å². The van der Waals surface area contributed by atoms with Crippen LogP contribution in [-0.4, -0.2) is 41.0 Å². The average molecular weight is 294 g/mol. The number of hydrogen-bond donors (Lipinski definition) is 2. The first kappa shape index (κ1) is 15.4. The molecule has 114 valence electrons. The second-order valence-corrected chi connectivity index (χ2v) is 5.33. The number of carbonyl (C=O) groups excluding carboxylic acids is 1. The van der Waals surface area contributed by atoms with Gasteiger partial charge in [-0.1, -0.05) is 12.5 Å². The van der Waals surface area contributed by atoms with Crippen LogP contribution in [-0.2, 0) is 9.59 Å². The molecular formula is C15H19FN2O3. The number of rotatable bonds is 4. The molecule has 1 aliphatic rings. The summed E-state index contributed by atoms with van der Waals surface area (Å²) < 4.78 is 13.4.